The molecular weight excluding hydrogens is 481 g/mol. The molecule has 0 amide bonds. The Balaban J connectivity index is 1.06. The van der Waals surface area contributed by atoms with Crippen LogP contribution in [-0.4, -0.2) is 92.3 Å². The molecule has 1 saturated heterocycles. The number of fused-ring (bicyclic) bond motifs is 1. The van der Waals surface area contributed by atoms with Crippen LogP contribution in [0.1, 0.15) is 24.0 Å². The molecule has 4 aromatic rings. The first kappa shape index (κ1) is 25.1. The number of nitrogens with one attached hydrogen (secondary N) is 1. The van der Waals surface area contributed by atoms with E-state index in [1.54, 1.807) is 18.5 Å². The number of rotatable bonds is 8. The quantitative estimate of drug-likeness (QED) is 0.371. The summed E-state index contributed by atoms with van der Waals surface area (Å²) in [6, 6.07) is 7.95. The van der Waals surface area contributed by atoms with Gasteiger partial charge in [-0.3, -0.25) is 14.5 Å². The van der Waals surface area contributed by atoms with Crippen LogP contribution < -0.4 is 5.73 Å². The normalized spacial score (nSPS) is 22.8. The van der Waals surface area contributed by atoms with Gasteiger partial charge < -0.3 is 15.6 Å². The molecule has 0 radical (unpaired) electrons. The van der Waals surface area contributed by atoms with Crippen LogP contribution in [0.5, 0.6) is 0 Å². The SMILES string of the molecule is CN(C)Cc1cc(F)cc(CN2CCN(C3CC(CN)(n4cc(-c5ncnc6[nH]ccc56)cn4)C3)CC2)c1. The van der Waals surface area contributed by atoms with Crippen LogP contribution in [0.3, 0.4) is 0 Å². The highest BCUT2D eigenvalue weighted by Gasteiger charge is 2.48. The van der Waals surface area contributed by atoms with Gasteiger partial charge in [-0.25, -0.2) is 14.4 Å². The third kappa shape index (κ3) is 4.84. The number of benzene rings is 1. The molecule has 0 atom stereocenters. The van der Waals surface area contributed by atoms with Gasteiger partial charge in [0.1, 0.15) is 17.8 Å². The van der Waals surface area contributed by atoms with E-state index in [2.05, 4.69) is 46.6 Å². The van der Waals surface area contributed by atoms with Crippen LogP contribution in [0, 0.1) is 5.82 Å². The van der Waals surface area contributed by atoms with Gasteiger partial charge in [0.05, 0.1) is 17.4 Å². The van der Waals surface area contributed by atoms with Crippen molar-refractivity contribution in [2.75, 3.05) is 46.8 Å². The molecule has 1 aromatic carbocycles. The Hall–Kier alpha value is -3.18. The maximum atomic E-state index is 14.2. The minimum absolute atomic E-state index is 0.149. The molecule has 2 aliphatic rings. The van der Waals surface area contributed by atoms with E-state index in [-0.39, 0.29) is 11.4 Å². The third-order valence-corrected chi connectivity index (χ3v) is 8.15. The minimum Gasteiger partial charge on any atom is -0.346 e. The fourth-order valence-electron chi connectivity index (χ4n) is 6.14. The summed E-state index contributed by atoms with van der Waals surface area (Å²) in [5.74, 6) is -0.149. The van der Waals surface area contributed by atoms with Gasteiger partial charge >= 0.3 is 0 Å². The Bertz CT molecular complexity index is 1400. The van der Waals surface area contributed by atoms with Crippen LogP contribution in [0.25, 0.3) is 22.3 Å². The maximum Gasteiger partial charge on any atom is 0.141 e. The first-order valence-electron chi connectivity index (χ1n) is 13.4. The number of aromatic nitrogens is 5. The number of nitrogens with zero attached hydrogens (tertiary/aromatic N) is 7. The average Bonchev–Trinajstić information content (AvgIpc) is 3.54. The van der Waals surface area contributed by atoms with Crippen LogP contribution in [0.4, 0.5) is 4.39 Å². The van der Waals surface area contributed by atoms with Gasteiger partial charge in [0, 0.05) is 75.2 Å². The second kappa shape index (κ2) is 10.2. The number of halogens is 1. The lowest BCUT2D eigenvalue weighted by molar-refractivity contribution is -0.0168. The molecule has 0 spiro atoms. The van der Waals surface area contributed by atoms with Crippen LogP contribution in [0.15, 0.2) is 49.2 Å². The number of H-pyrrole nitrogens is 1. The topological polar surface area (TPSA) is 95.1 Å². The van der Waals surface area contributed by atoms with Crippen molar-refractivity contribution in [2.24, 2.45) is 5.73 Å². The summed E-state index contributed by atoms with van der Waals surface area (Å²) < 4.78 is 16.2. The van der Waals surface area contributed by atoms with Crippen molar-refractivity contribution in [1.82, 2.24) is 39.4 Å². The van der Waals surface area contributed by atoms with Crippen LogP contribution in [-0.2, 0) is 18.6 Å². The molecule has 4 heterocycles. The second-order valence-electron chi connectivity index (χ2n) is 11.1. The summed E-state index contributed by atoms with van der Waals surface area (Å²) >= 11 is 0. The molecule has 38 heavy (non-hydrogen) atoms. The van der Waals surface area contributed by atoms with E-state index in [9.17, 15) is 4.39 Å². The summed E-state index contributed by atoms with van der Waals surface area (Å²) in [7, 11) is 4.02. The van der Waals surface area contributed by atoms with Gasteiger partial charge in [0.2, 0.25) is 0 Å². The van der Waals surface area contributed by atoms with Crippen molar-refractivity contribution in [1.29, 1.82) is 0 Å². The highest BCUT2D eigenvalue weighted by molar-refractivity contribution is 5.89. The van der Waals surface area contributed by atoms with Gasteiger partial charge in [-0.15, -0.1) is 0 Å². The number of aromatic amines is 1. The van der Waals surface area contributed by atoms with Gasteiger partial charge in [0.15, 0.2) is 0 Å². The molecule has 3 N–H and O–H groups in total. The molecule has 0 unspecified atom stereocenters. The van der Waals surface area contributed by atoms with Crippen molar-refractivity contribution in [3.63, 3.8) is 0 Å². The van der Waals surface area contributed by atoms with E-state index in [1.165, 1.54) is 0 Å². The maximum absolute atomic E-state index is 14.2. The molecule has 10 heteroatoms. The highest BCUT2D eigenvalue weighted by Crippen LogP contribution is 2.42. The molecule has 3 aromatic heterocycles. The Labute approximate surface area is 222 Å². The molecule has 9 nitrogen and oxygen atoms in total. The van der Waals surface area contributed by atoms with Crippen LogP contribution in [0.2, 0.25) is 0 Å². The number of hydrogen-bond acceptors (Lipinski definition) is 7. The highest BCUT2D eigenvalue weighted by atomic mass is 19.1. The summed E-state index contributed by atoms with van der Waals surface area (Å²) in [6.07, 6.45) is 9.41. The minimum atomic E-state index is -0.158. The van der Waals surface area contributed by atoms with Gasteiger partial charge in [-0.1, -0.05) is 6.07 Å². The summed E-state index contributed by atoms with van der Waals surface area (Å²) in [6.45, 7) is 6.09. The zero-order valence-electron chi connectivity index (χ0n) is 22.1. The lowest BCUT2D eigenvalue weighted by atomic mass is 9.71. The van der Waals surface area contributed by atoms with Crippen molar-refractivity contribution in [3.05, 3.63) is 66.1 Å². The first-order chi connectivity index (χ1) is 18.4. The predicted molar refractivity (Wildman–Crippen MR) is 146 cm³/mol. The number of nitrogens with two attached hydrogens (primary N) is 1. The molecule has 200 valence electrons. The molecular formula is C28H36FN9. The fraction of sp³-hybridized carbons (Fsp3) is 0.464. The average molecular weight is 518 g/mol. The largest absolute Gasteiger partial charge is 0.346 e. The molecule has 1 saturated carbocycles. The standard InChI is InChI=1S/C28H36FN9/c1-35(2)15-20-9-21(11-23(29)10-20)16-36-5-7-37(8-6-36)24-12-28(13-24,18-30)38-17-22(14-34-38)26-25-3-4-31-27(25)33-19-32-26/h3-4,9-11,14,17,19,24H,5-8,12-13,15-16,18,30H2,1-2H3,(H,31,32,33). The Kier molecular flexibility index (Phi) is 6.73. The zero-order chi connectivity index (χ0) is 26.3. The van der Waals surface area contributed by atoms with E-state index in [0.717, 1.165) is 85.5 Å². The summed E-state index contributed by atoms with van der Waals surface area (Å²) in [5.41, 5.74) is 10.9. The first-order valence-corrected chi connectivity index (χ1v) is 13.4. The predicted octanol–water partition coefficient (Wildman–Crippen LogP) is 2.66. The zero-order valence-corrected chi connectivity index (χ0v) is 22.1. The Morgan fingerprint density at radius 1 is 1.11 bits per heavy atom. The molecule has 1 aliphatic heterocycles. The Morgan fingerprint density at radius 2 is 1.89 bits per heavy atom. The fourth-order valence-corrected chi connectivity index (χ4v) is 6.14. The third-order valence-electron chi connectivity index (χ3n) is 8.15. The molecule has 2 fully saturated rings. The monoisotopic (exact) mass is 517 g/mol. The number of piperazine rings is 1. The van der Waals surface area contributed by atoms with E-state index < -0.39 is 0 Å². The van der Waals surface area contributed by atoms with E-state index >= 15 is 0 Å². The van der Waals surface area contributed by atoms with Gasteiger partial charge in [0.25, 0.3) is 0 Å². The molecule has 1 aliphatic carbocycles. The molecule has 0 bridgehead atoms. The van der Waals surface area contributed by atoms with Crippen molar-refractivity contribution in [2.45, 2.75) is 37.5 Å². The van der Waals surface area contributed by atoms with Crippen LogP contribution >= 0.6 is 0 Å². The van der Waals surface area contributed by atoms with E-state index in [1.807, 2.05) is 32.6 Å². The summed E-state index contributed by atoms with van der Waals surface area (Å²) in [5, 5.41) is 5.72. The lowest BCUT2D eigenvalue weighted by Crippen LogP contribution is -2.62. The van der Waals surface area contributed by atoms with Gasteiger partial charge in [-0.05, 0) is 56.3 Å². The summed E-state index contributed by atoms with van der Waals surface area (Å²) in [4.78, 5) is 19.0. The second-order valence-corrected chi connectivity index (χ2v) is 11.1. The smallest absolute Gasteiger partial charge is 0.141 e. The number of hydrogen-bond donors (Lipinski definition) is 2. The van der Waals surface area contributed by atoms with E-state index in [4.69, 9.17) is 10.8 Å². The van der Waals surface area contributed by atoms with E-state index in [0.29, 0.717) is 12.6 Å². The van der Waals surface area contributed by atoms with Crippen molar-refractivity contribution < 1.29 is 4.39 Å². The lowest BCUT2D eigenvalue weighted by Gasteiger charge is -2.53. The Morgan fingerprint density at radius 3 is 2.66 bits per heavy atom. The molecule has 6 rings (SSSR count). The van der Waals surface area contributed by atoms with Gasteiger partial charge in [-0.2, -0.15) is 5.10 Å². The van der Waals surface area contributed by atoms with Crippen molar-refractivity contribution >= 4 is 11.0 Å². The van der Waals surface area contributed by atoms with Crippen molar-refractivity contribution in [3.8, 4) is 11.3 Å².